The van der Waals surface area contributed by atoms with Gasteiger partial charge in [0.1, 0.15) is 0 Å². The molecule has 0 unspecified atom stereocenters. The van der Waals surface area contributed by atoms with Gasteiger partial charge in [-0.05, 0) is 23.6 Å². The van der Waals surface area contributed by atoms with Crippen LogP contribution in [0.4, 0.5) is 5.69 Å². The SMILES string of the molecule is O=C(CN1CCN(C(=O)c2ccccc2Cl)CC1)Nc1cccc2ccccc12. The van der Waals surface area contributed by atoms with Gasteiger partial charge in [0.25, 0.3) is 5.91 Å². The lowest BCUT2D eigenvalue weighted by Crippen LogP contribution is -2.50. The van der Waals surface area contributed by atoms with Crippen molar-refractivity contribution in [2.45, 2.75) is 0 Å². The lowest BCUT2D eigenvalue weighted by molar-refractivity contribution is -0.117. The summed E-state index contributed by atoms with van der Waals surface area (Å²) >= 11 is 6.14. The molecule has 148 valence electrons. The van der Waals surface area contributed by atoms with Crippen molar-refractivity contribution in [2.24, 2.45) is 0 Å². The predicted octanol–water partition coefficient (Wildman–Crippen LogP) is 3.89. The lowest BCUT2D eigenvalue weighted by Gasteiger charge is -2.34. The first-order valence-electron chi connectivity index (χ1n) is 9.65. The number of hydrogen-bond acceptors (Lipinski definition) is 3. The summed E-state index contributed by atoms with van der Waals surface area (Å²) in [4.78, 5) is 29.1. The summed E-state index contributed by atoms with van der Waals surface area (Å²) in [5.41, 5.74) is 1.34. The zero-order chi connectivity index (χ0) is 20.2. The van der Waals surface area contributed by atoms with Crippen molar-refractivity contribution in [3.63, 3.8) is 0 Å². The predicted molar refractivity (Wildman–Crippen MR) is 116 cm³/mol. The second kappa shape index (κ2) is 8.64. The monoisotopic (exact) mass is 407 g/mol. The highest BCUT2D eigenvalue weighted by Gasteiger charge is 2.24. The molecule has 1 aliphatic heterocycles. The standard InChI is InChI=1S/C23H22ClN3O2/c24-20-10-4-3-9-19(20)23(29)27-14-12-26(13-15-27)16-22(28)25-21-11-5-7-17-6-1-2-8-18(17)21/h1-11H,12-16H2,(H,25,28). The first-order valence-corrected chi connectivity index (χ1v) is 10.0. The molecule has 5 nitrogen and oxygen atoms in total. The van der Waals surface area contributed by atoms with Gasteiger partial charge in [-0.25, -0.2) is 0 Å². The molecule has 3 aromatic carbocycles. The van der Waals surface area contributed by atoms with Crippen LogP contribution < -0.4 is 5.32 Å². The number of piperazine rings is 1. The summed E-state index contributed by atoms with van der Waals surface area (Å²) < 4.78 is 0. The summed E-state index contributed by atoms with van der Waals surface area (Å²) in [6.07, 6.45) is 0. The second-order valence-corrected chi connectivity index (χ2v) is 7.53. The lowest BCUT2D eigenvalue weighted by atomic mass is 10.1. The summed E-state index contributed by atoms with van der Waals surface area (Å²) in [6.45, 7) is 2.76. The van der Waals surface area contributed by atoms with E-state index in [-0.39, 0.29) is 11.8 Å². The molecule has 1 N–H and O–H groups in total. The number of rotatable bonds is 4. The minimum absolute atomic E-state index is 0.0489. The molecule has 0 aliphatic carbocycles. The fourth-order valence-electron chi connectivity index (χ4n) is 3.64. The molecular formula is C23H22ClN3O2. The zero-order valence-electron chi connectivity index (χ0n) is 16.0. The Bertz CT molecular complexity index is 1040. The molecule has 0 saturated carbocycles. The Balaban J connectivity index is 1.33. The number of nitrogens with zero attached hydrogens (tertiary/aromatic N) is 2. The number of benzene rings is 3. The highest BCUT2D eigenvalue weighted by molar-refractivity contribution is 6.33. The second-order valence-electron chi connectivity index (χ2n) is 7.12. The third-order valence-corrected chi connectivity index (χ3v) is 5.52. The largest absolute Gasteiger partial charge is 0.336 e. The summed E-state index contributed by atoms with van der Waals surface area (Å²) in [5.74, 6) is -0.109. The van der Waals surface area contributed by atoms with Gasteiger partial charge in [0.2, 0.25) is 5.91 Å². The molecule has 0 bridgehead atoms. The maximum Gasteiger partial charge on any atom is 0.255 e. The Labute approximate surface area is 174 Å². The molecule has 4 rings (SSSR count). The fourth-order valence-corrected chi connectivity index (χ4v) is 3.86. The van der Waals surface area contributed by atoms with Crippen molar-refractivity contribution in [1.82, 2.24) is 9.80 Å². The van der Waals surface area contributed by atoms with Gasteiger partial charge < -0.3 is 10.2 Å². The van der Waals surface area contributed by atoms with Gasteiger partial charge in [-0.2, -0.15) is 0 Å². The summed E-state index contributed by atoms with van der Waals surface area (Å²) in [7, 11) is 0. The van der Waals surface area contributed by atoms with Crippen LogP contribution in [0, 0.1) is 0 Å². The van der Waals surface area contributed by atoms with E-state index < -0.39 is 0 Å². The maximum atomic E-state index is 12.7. The summed E-state index contributed by atoms with van der Waals surface area (Å²) in [6, 6.07) is 21.0. The Morgan fingerprint density at radius 3 is 2.34 bits per heavy atom. The molecule has 0 spiro atoms. The Hall–Kier alpha value is -2.89. The van der Waals surface area contributed by atoms with E-state index in [0.717, 1.165) is 16.5 Å². The van der Waals surface area contributed by atoms with E-state index in [1.54, 1.807) is 17.0 Å². The van der Waals surface area contributed by atoms with Crippen molar-refractivity contribution >= 4 is 39.9 Å². The van der Waals surface area contributed by atoms with Crippen LogP contribution in [-0.4, -0.2) is 54.3 Å². The van der Waals surface area contributed by atoms with E-state index in [0.29, 0.717) is 43.3 Å². The molecule has 1 aliphatic rings. The highest BCUT2D eigenvalue weighted by Crippen LogP contribution is 2.23. The molecule has 0 radical (unpaired) electrons. The van der Waals surface area contributed by atoms with Crippen LogP contribution in [0.2, 0.25) is 5.02 Å². The Morgan fingerprint density at radius 2 is 1.55 bits per heavy atom. The first kappa shape index (κ1) is 19.4. The van der Waals surface area contributed by atoms with Gasteiger partial charge in [-0.1, -0.05) is 60.1 Å². The smallest absolute Gasteiger partial charge is 0.255 e. The van der Waals surface area contributed by atoms with Crippen molar-refractivity contribution in [1.29, 1.82) is 0 Å². The van der Waals surface area contributed by atoms with Crippen LogP contribution in [-0.2, 0) is 4.79 Å². The van der Waals surface area contributed by atoms with Crippen molar-refractivity contribution in [3.05, 3.63) is 77.3 Å². The van der Waals surface area contributed by atoms with Crippen LogP contribution in [0.1, 0.15) is 10.4 Å². The molecule has 1 saturated heterocycles. The molecule has 6 heteroatoms. The number of carbonyl (C=O) groups excluding carboxylic acids is 2. The fraction of sp³-hybridized carbons (Fsp3) is 0.217. The molecular weight excluding hydrogens is 386 g/mol. The highest BCUT2D eigenvalue weighted by atomic mass is 35.5. The number of halogens is 1. The molecule has 1 heterocycles. The molecule has 0 atom stereocenters. The van der Waals surface area contributed by atoms with Crippen LogP contribution in [0.3, 0.4) is 0 Å². The maximum absolute atomic E-state index is 12.7. The van der Waals surface area contributed by atoms with Crippen LogP contribution >= 0.6 is 11.6 Å². The average molecular weight is 408 g/mol. The number of hydrogen-bond donors (Lipinski definition) is 1. The molecule has 29 heavy (non-hydrogen) atoms. The van der Waals surface area contributed by atoms with E-state index in [4.69, 9.17) is 11.6 Å². The van der Waals surface area contributed by atoms with Crippen molar-refractivity contribution < 1.29 is 9.59 Å². The molecule has 3 aromatic rings. The van der Waals surface area contributed by atoms with Crippen LogP contribution in [0.25, 0.3) is 10.8 Å². The molecule has 2 amide bonds. The average Bonchev–Trinajstić information content (AvgIpc) is 2.74. The van der Waals surface area contributed by atoms with E-state index in [9.17, 15) is 9.59 Å². The van der Waals surface area contributed by atoms with Gasteiger partial charge in [0.15, 0.2) is 0 Å². The van der Waals surface area contributed by atoms with E-state index in [1.165, 1.54) is 0 Å². The van der Waals surface area contributed by atoms with E-state index >= 15 is 0 Å². The normalized spacial score (nSPS) is 14.7. The van der Waals surface area contributed by atoms with Gasteiger partial charge in [-0.15, -0.1) is 0 Å². The van der Waals surface area contributed by atoms with E-state index in [1.807, 2.05) is 54.6 Å². The third kappa shape index (κ3) is 4.42. The number of carbonyl (C=O) groups is 2. The number of anilines is 1. The van der Waals surface area contributed by atoms with Crippen molar-refractivity contribution in [2.75, 3.05) is 38.0 Å². The third-order valence-electron chi connectivity index (χ3n) is 5.19. The zero-order valence-corrected chi connectivity index (χ0v) is 16.7. The Morgan fingerprint density at radius 1 is 0.862 bits per heavy atom. The van der Waals surface area contributed by atoms with Crippen molar-refractivity contribution in [3.8, 4) is 0 Å². The number of fused-ring (bicyclic) bond motifs is 1. The van der Waals surface area contributed by atoms with Gasteiger partial charge in [-0.3, -0.25) is 14.5 Å². The number of amides is 2. The quantitative estimate of drug-likeness (QED) is 0.713. The van der Waals surface area contributed by atoms with Crippen LogP contribution in [0.5, 0.6) is 0 Å². The minimum Gasteiger partial charge on any atom is -0.336 e. The van der Waals surface area contributed by atoms with Gasteiger partial charge in [0.05, 0.1) is 17.1 Å². The molecule has 1 fully saturated rings. The van der Waals surface area contributed by atoms with Gasteiger partial charge >= 0.3 is 0 Å². The first-order chi connectivity index (χ1) is 14.1. The molecule has 0 aromatic heterocycles. The minimum atomic E-state index is -0.0598. The van der Waals surface area contributed by atoms with Crippen LogP contribution in [0.15, 0.2) is 66.7 Å². The topological polar surface area (TPSA) is 52.7 Å². The van der Waals surface area contributed by atoms with Gasteiger partial charge in [0, 0.05) is 37.3 Å². The van der Waals surface area contributed by atoms with E-state index in [2.05, 4.69) is 10.2 Å². The number of nitrogens with one attached hydrogen (secondary N) is 1. The summed E-state index contributed by atoms with van der Waals surface area (Å²) in [5, 5.41) is 5.61. The Kier molecular flexibility index (Phi) is 5.79.